The molecular weight excluding hydrogens is 360 g/mol. The number of carbonyl (C=O) groups excluding carboxylic acids is 2. The lowest BCUT2D eigenvalue weighted by Crippen LogP contribution is -2.51. The average Bonchev–Trinajstić information content (AvgIpc) is 3.02. The normalized spacial score (nSPS) is 16.0. The van der Waals surface area contributed by atoms with Crippen LogP contribution >= 0.6 is 0 Å². The lowest BCUT2D eigenvalue weighted by atomic mass is 10.3. The third kappa shape index (κ3) is 4.02. The number of aromatic nitrogens is 2. The van der Waals surface area contributed by atoms with E-state index >= 15 is 0 Å². The number of rotatable bonds is 4. The molecule has 1 aliphatic rings. The van der Waals surface area contributed by atoms with E-state index in [0.29, 0.717) is 5.65 Å². The Labute approximate surface area is 151 Å². The number of imidazole rings is 1. The van der Waals surface area contributed by atoms with Crippen LogP contribution in [0.4, 0.5) is 0 Å². The molecule has 3 rings (SSSR count). The average molecular weight is 380 g/mol. The van der Waals surface area contributed by atoms with Gasteiger partial charge in [0.05, 0.1) is 6.26 Å². The smallest absolute Gasteiger partial charge is 0.359 e. The first kappa shape index (κ1) is 18.3. The molecular formula is C16H20N4O5S. The number of ether oxygens (including phenoxy) is 1. The van der Waals surface area contributed by atoms with Gasteiger partial charge in [-0.05, 0) is 24.6 Å². The Morgan fingerprint density at radius 2 is 1.92 bits per heavy atom. The van der Waals surface area contributed by atoms with Crippen LogP contribution in [0.25, 0.3) is 5.65 Å². The summed E-state index contributed by atoms with van der Waals surface area (Å²) in [6.45, 7) is 2.56. The van der Waals surface area contributed by atoms with E-state index in [1.165, 1.54) is 9.21 Å². The van der Waals surface area contributed by atoms with Gasteiger partial charge in [0.25, 0.3) is 5.91 Å². The zero-order chi connectivity index (χ0) is 18.9. The Morgan fingerprint density at radius 1 is 1.23 bits per heavy atom. The first-order chi connectivity index (χ1) is 12.2. The van der Waals surface area contributed by atoms with Crippen LogP contribution in [-0.2, 0) is 19.6 Å². The Balaban J connectivity index is 1.55. The summed E-state index contributed by atoms with van der Waals surface area (Å²) in [5.41, 5.74) is 1.77. The van der Waals surface area contributed by atoms with Gasteiger partial charge in [-0.2, -0.15) is 4.31 Å². The van der Waals surface area contributed by atoms with E-state index in [-0.39, 0.29) is 37.8 Å². The van der Waals surface area contributed by atoms with E-state index in [0.717, 1.165) is 11.8 Å². The number of hydrogen-bond acceptors (Lipinski definition) is 6. The molecule has 1 fully saturated rings. The molecule has 2 aromatic rings. The van der Waals surface area contributed by atoms with Gasteiger partial charge in [-0.1, -0.05) is 0 Å². The molecule has 2 aromatic heterocycles. The highest BCUT2D eigenvalue weighted by molar-refractivity contribution is 7.88. The number of hydrogen-bond donors (Lipinski definition) is 0. The van der Waals surface area contributed by atoms with Gasteiger partial charge in [0.15, 0.2) is 12.3 Å². The number of esters is 1. The number of amides is 1. The standard InChI is InChI=1S/C16H20N4O5S/c1-12-3-4-19-10-13(17-14(19)9-12)16(22)25-11-15(21)18-5-7-20(8-6-18)26(2,23)24/h3-4,9-10H,5-8,11H2,1-2H3. The molecule has 0 unspecified atom stereocenters. The summed E-state index contributed by atoms with van der Waals surface area (Å²) >= 11 is 0. The monoisotopic (exact) mass is 380 g/mol. The van der Waals surface area contributed by atoms with Gasteiger partial charge in [0.1, 0.15) is 5.65 Å². The van der Waals surface area contributed by atoms with Crippen LogP contribution < -0.4 is 0 Å². The summed E-state index contributed by atoms with van der Waals surface area (Å²) in [5, 5.41) is 0. The fraction of sp³-hybridized carbons (Fsp3) is 0.438. The maximum Gasteiger partial charge on any atom is 0.359 e. The Kier molecular flexibility index (Phi) is 4.97. The number of piperazine rings is 1. The van der Waals surface area contributed by atoms with E-state index in [9.17, 15) is 18.0 Å². The minimum atomic E-state index is -3.25. The van der Waals surface area contributed by atoms with Crippen LogP contribution in [0.15, 0.2) is 24.5 Å². The largest absolute Gasteiger partial charge is 0.451 e. The molecule has 0 saturated carbocycles. The van der Waals surface area contributed by atoms with Gasteiger partial charge in [-0.3, -0.25) is 4.79 Å². The van der Waals surface area contributed by atoms with Gasteiger partial charge in [-0.15, -0.1) is 0 Å². The summed E-state index contributed by atoms with van der Waals surface area (Å²) in [5.74, 6) is -1.03. The molecule has 0 bridgehead atoms. The van der Waals surface area contributed by atoms with Gasteiger partial charge >= 0.3 is 5.97 Å². The summed E-state index contributed by atoms with van der Waals surface area (Å²) in [6, 6.07) is 3.73. The zero-order valence-corrected chi connectivity index (χ0v) is 15.4. The van der Waals surface area contributed by atoms with Crippen molar-refractivity contribution in [2.75, 3.05) is 39.0 Å². The molecule has 0 aromatic carbocycles. The number of pyridine rings is 1. The molecule has 1 aliphatic heterocycles. The van der Waals surface area contributed by atoms with Crippen molar-refractivity contribution in [2.24, 2.45) is 0 Å². The molecule has 1 amide bonds. The van der Waals surface area contributed by atoms with Gasteiger partial charge in [0.2, 0.25) is 10.0 Å². The van der Waals surface area contributed by atoms with E-state index in [2.05, 4.69) is 4.98 Å². The van der Waals surface area contributed by atoms with Crippen LogP contribution in [0.1, 0.15) is 16.1 Å². The minimum Gasteiger partial charge on any atom is -0.451 e. The molecule has 0 N–H and O–H groups in total. The number of fused-ring (bicyclic) bond motifs is 1. The molecule has 0 atom stereocenters. The predicted molar refractivity (Wildman–Crippen MR) is 93.2 cm³/mol. The molecule has 9 nitrogen and oxygen atoms in total. The van der Waals surface area contributed by atoms with E-state index in [1.807, 2.05) is 19.1 Å². The van der Waals surface area contributed by atoms with Gasteiger partial charge in [-0.25, -0.2) is 18.2 Å². The zero-order valence-electron chi connectivity index (χ0n) is 14.6. The summed E-state index contributed by atoms with van der Waals surface area (Å²) in [6.07, 6.45) is 4.48. The highest BCUT2D eigenvalue weighted by atomic mass is 32.2. The van der Waals surface area contributed by atoms with Crippen LogP contribution in [0.2, 0.25) is 0 Å². The Hall–Kier alpha value is -2.46. The highest BCUT2D eigenvalue weighted by Crippen LogP contribution is 2.10. The van der Waals surface area contributed by atoms with Gasteiger partial charge in [0, 0.05) is 38.6 Å². The highest BCUT2D eigenvalue weighted by Gasteiger charge is 2.26. The molecule has 1 saturated heterocycles. The third-order valence-corrected chi connectivity index (χ3v) is 5.52. The molecule has 0 spiro atoms. The lowest BCUT2D eigenvalue weighted by molar-refractivity contribution is -0.135. The van der Waals surface area contributed by atoms with Crippen molar-refractivity contribution in [1.29, 1.82) is 0 Å². The quantitative estimate of drug-likeness (QED) is 0.687. The molecule has 3 heterocycles. The van der Waals surface area contributed by atoms with Crippen molar-refractivity contribution >= 4 is 27.5 Å². The Morgan fingerprint density at radius 3 is 2.58 bits per heavy atom. The van der Waals surface area contributed by atoms with Crippen molar-refractivity contribution in [3.05, 3.63) is 35.8 Å². The molecule has 140 valence electrons. The lowest BCUT2D eigenvalue weighted by Gasteiger charge is -2.33. The van der Waals surface area contributed by atoms with Crippen molar-refractivity contribution in [1.82, 2.24) is 18.6 Å². The number of sulfonamides is 1. The minimum absolute atomic E-state index is 0.130. The first-order valence-corrected chi connectivity index (χ1v) is 9.94. The number of aryl methyl sites for hydroxylation is 1. The maximum absolute atomic E-state index is 12.2. The van der Waals surface area contributed by atoms with E-state index in [1.54, 1.807) is 16.8 Å². The number of nitrogens with zero attached hydrogens (tertiary/aromatic N) is 4. The van der Waals surface area contributed by atoms with Crippen LogP contribution in [-0.4, -0.2) is 77.9 Å². The van der Waals surface area contributed by atoms with Crippen molar-refractivity contribution in [2.45, 2.75) is 6.92 Å². The fourth-order valence-electron chi connectivity index (χ4n) is 2.74. The maximum atomic E-state index is 12.2. The van der Waals surface area contributed by atoms with E-state index < -0.39 is 22.6 Å². The molecule has 10 heteroatoms. The first-order valence-electron chi connectivity index (χ1n) is 8.09. The molecule has 0 aliphatic carbocycles. The van der Waals surface area contributed by atoms with Crippen LogP contribution in [0.3, 0.4) is 0 Å². The molecule has 0 radical (unpaired) electrons. The summed E-state index contributed by atoms with van der Waals surface area (Å²) < 4.78 is 31.0. The van der Waals surface area contributed by atoms with Crippen LogP contribution in [0, 0.1) is 6.92 Å². The topological polar surface area (TPSA) is 101 Å². The second-order valence-corrected chi connectivity index (χ2v) is 8.20. The second kappa shape index (κ2) is 7.04. The fourth-order valence-corrected chi connectivity index (χ4v) is 3.57. The van der Waals surface area contributed by atoms with Crippen LogP contribution in [0.5, 0.6) is 0 Å². The Bertz CT molecular complexity index is 945. The summed E-state index contributed by atoms with van der Waals surface area (Å²) in [4.78, 5) is 30.0. The predicted octanol–water partition coefficient (Wildman–Crippen LogP) is -0.0967. The van der Waals surface area contributed by atoms with Crippen molar-refractivity contribution in [3.8, 4) is 0 Å². The second-order valence-electron chi connectivity index (χ2n) is 6.21. The van der Waals surface area contributed by atoms with Gasteiger partial charge < -0.3 is 14.0 Å². The third-order valence-electron chi connectivity index (χ3n) is 4.21. The van der Waals surface area contributed by atoms with Crippen molar-refractivity contribution < 1.29 is 22.7 Å². The van der Waals surface area contributed by atoms with E-state index in [4.69, 9.17) is 4.74 Å². The summed E-state index contributed by atoms with van der Waals surface area (Å²) in [7, 11) is -3.25. The molecule has 26 heavy (non-hydrogen) atoms. The SMILES string of the molecule is Cc1ccn2cc(C(=O)OCC(=O)N3CCN(S(C)(=O)=O)CC3)nc2c1. The van der Waals surface area contributed by atoms with Crippen molar-refractivity contribution in [3.63, 3.8) is 0 Å². The number of carbonyl (C=O) groups is 2.